The molecule has 0 saturated carbocycles. The van der Waals surface area contributed by atoms with Crippen molar-refractivity contribution in [2.75, 3.05) is 5.32 Å². The number of carbonyl (C=O) groups is 1. The Bertz CT molecular complexity index is 924. The Morgan fingerprint density at radius 3 is 2.77 bits per heavy atom. The van der Waals surface area contributed by atoms with Crippen LogP contribution in [-0.4, -0.2) is 10.9 Å². The lowest BCUT2D eigenvalue weighted by Crippen LogP contribution is -2.39. The first-order valence-electron chi connectivity index (χ1n) is 7.77. The number of aromatic nitrogens is 1. The van der Waals surface area contributed by atoms with E-state index in [4.69, 9.17) is 0 Å². The van der Waals surface area contributed by atoms with Crippen LogP contribution in [0.5, 0.6) is 0 Å². The number of aryl methyl sites for hydroxylation is 1. The molecule has 2 aliphatic rings. The number of H-pyrrole nitrogens is 1. The minimum absolute atomic E-state index is 0.157. The van der Waals surface area contributed by atoms with Gasteiger partial charge in [0.1, 0.15) is 0 Å². The summed E-state index contributed by atoms with van der Waals surface area (Å²) < 4.78 is 0. The van der Waals surface area contributed by atoms with Crippen LogP contribution < -0.4 is 5.32 Å². The van der Waals surface area contributed by atoms with Gasteiger partial charge in [-0.2, -0.15) is 0 Å². The molecule has 2 heterocycles. The Kier molecular flexibility index (Phi) is 2.19. The molecule has 1 aliphatic heterocycles. The largest absolute Gasteiger partial charge is 0.358 e. The van der Waals surface area contributed by atoms with Gasteiger partial charge in [0, 0.05) is 22.3 Å². The third-order valence-corrected chi connectivity index (χ3v) is 5.31. The van der Waals surface area contributed by atoms with Crippen molar-refractivity contribution in [3.63, 3.8) is 0 Å². The van der Waals surface area contributed by atoms with E-state index in [9.17, 15) is 4.79 Å². The van der Waals surface area contributed by atoms with Crippen molar-refractivity contribution in [1.82, 2.24) is 4.98 Å². The zero-order valence-electron chi connectivity index (χ0n) is 12.1. The topological polar surface area (TPSA) is 44.9 Å². The number of benzene rings is 2. The van der Waals surface area contributed by atoms with Gasteiger partial charge >= 0.3 is 0 Å². The molecular formula is C19H16N2O. The number of rotatable bonds is 0. The maximum Gasteiger partial charge on any atom is 0.235 e. The van der Waals surface area contributed by atoms with Crippen LogP contribution in [0.2, 0.25) is 0 Å². The second kappa shape index (κ2) is 4.01. The van der Waals surface area contributed by atoms with E-state index in [1.807, 2.05) is 18.2 Å². The Morgan fingerprint density at radius 1 is 1.00 bits per heavy atom. The second-order valence-electron chi connectivity index (χ2n) is 6.39. The van der Waals surface area contributed by atoms with Gasteiger partial charge in [-0.1, -0.05) is 36.4 Å². The molecule has 2 aromatic carbocycles. The van der Waals surface area contributed by atoms with E-state index in [0.29, 0.717) is 0 Å². The van der Waals surface area contributed by atoms with Crippen molar-refractivity contribution in [3.8, 4) is 0 Å². The van der Waals surface area contributed by atoms with Crippen molar-refractivity contribution in [2.45, 2.75) is 24.7 Å². The number of carbonyl (C=O) groups excluding carboxylic acids is 1. The predicted octanol–water partition coefficient (Wildman–Crippen LogP) is 3.55. The first kappa shape index (κ1) is 12.0. The van der Waals surface area contributed by atoms with Gasteiger partial charge in [0.05, 0.1) is 5.41 Å². The number of amides is 1. The zero-order chi connectivity index (χ0) is 14.7. The van der Waals surface area contributed by atoms with Gasteiger partial charge in [-0.3, -0.25) is 4.79 Å². The van der Waals surface area contributed by atoms with E-state index in [-0.39, 0.29) is 5.91 Å². The summed E-state index contributed by atoms with van der Waals surface area (Å²) in [5.41, 5.74) is 5.54. The molecule has 2 N–H and O–H groups in total. The predicted molar refractivity (Wildman–Crippen MR) is 87.1 cm³/mol. The summed E-state index contributed by atoms with van der Waals surface area (Å²) in [5.74, 6) is 0.157. The Labute approximate surface area is 128 Å². The summed E-state index contributed by atoms with van der Waals surface area (Å²) in [6, 6.07) is 16.5. The lowest BCUT2D eigenvalue weighted by Gasteiger charge is -2.31. The van der Waals surface area contributed by atoms with Gasteiger partial charge in [-0.05, 0) is 42.5 Å². The lowest BCUT2D eigenvalue weighted by atomic mass is 9.69. The van der Waals surface area contributed by atoms with Crippen molar-refractivity contribution in [2.24, 2.45) is 0 Å². The van der Waals surface area contributed by atoms with Crippen LogP contribution in [0.1, 0.15) is 23.2 Å². The molecule has 3 heteroatoms. The molecule has 3 nitrogen and oxygen atoms in total. The molecule has 22 heavy (non-hydrogen) atoms. The molecule has 108 valence electrons. The van der Waals surface area contributed by atoms with Crippen molar-refractivity contribution >= 4 is 22.5 Å². The molecule has 1 spiro atoms. The Morgan fingerprint density at radius 2 is 1.82 bits per heavy atom. The molecule has 0 saturated heterocycles. The average molecular weight is 288 g/mol. The maximum atomic E-state index is 12.8. The normalized spacial score (nSPS) is 22.6. The first-order chi connectivity index (χ1) is 10.8. The molecule has 0 radical (unpaired) electrons. The zero-order valence-corrected chi connectivity index (χ0v) is 12.1. The highest BCUT2D eigenvalue weighted by atomic mass is 16.2. The van der Waals surface area contributed by atoms with Crippen LogP contribution >= 0.6 is 0 Å². The quantitative estimate of drug-likeness (QED) is 0.653. The Balaban J connectivity index is 1.72. The van der Waals surface area contributed by atoms with Crippen molar-refractivity contribution in [3.05, 3.63) is 65.4 Å². The molecule has 3 aromatic rings. The van der Waals surface area contributed by atoms with Gasteiger partial charge < -0.3 is 10.3 Å². The average Bonchev–Trinajstić information content (AvgIpc) is 3.04. The number of anilines is 1. The number of nitrogens with one attached hydrogen (secondary N) is 2. The minimum Gasteiger partial charge on any atom is -0.358 e. The number of hydrogen-bond acceptors (Lipinski definition) is 1. The van der Waals surface area contributed by atoms with Gasteiger partial charge in [0.15, 0.2) is 0 Å². The van der Waals surface area contributed by atoms with E-state index < -0.39 is 5.41 Å². The molecular weight excluding hydrogens is 272 g/mol. The summed E-state index contributed by atoms with van der Waals surface area (Å²) in [5, 5.41) is 4.34. The highest BCUT2D eigenvalue weighted by Crippen LogP contribution is 2.47. The molecule has 1 aromatic heterocycles. The number of hydrogen-bond donors (Lipinski definition) is 2. The molecule has 1 atom stereocenters. The van der Waals surface area contributed by atoms with Crippen LogP contribution in [0.25, 0.3) is 10.9 Å². The number of para-hydroxylation sites is 2. The third-order valence-electron chi connectivity index (χ3n) is 5.31. The summed E-state index contributed by atoms with van der Waals surface area (Å²) in [7, 11) is 0. The SMILES string of the molecule is O=C1Nc2ccccc2C12CCc1[nH]c3ccccc3c1C2. The fraction of sp³-hybridized carbons (Fsp3) is 0.211. The number of fused-ring (bicyclic) bond motifs is 5. The van der Waals surface area contributed by atoms with Crippen molar-refractivity contribution in [1.29, 1.82) is 0 Å². The summed E-state index contributed by atoms with van der Waals surface area (Å²) >= 11 is 0. The summed E-state index contributed by atoms with van der Waals surface area (Å²) in [4.78, 5) is 16.3. The lowest BCUT2D eigenvalue weighted by molar-refractivity contribution is -0.121. The van der Waals surface area contributed by atoms with E-state index in [2.05, 4.69) is 40.6 Å². The molecule has 1 aliphatic carbocycles. The fourth-order valence-corrected chi connectivity index (χ4v) is 4.20. The molecule has 1 unspecified atom stereocenters. The highest BCUT2D eigenvalue weighted by molar-refractivity contribution is 6.07. The first-order valence-corrected chi connectivity index (χ1v) is 7.77. The molecule has 1 amide bonds. The van der Waals surface area contributed by atoms with Gasteiger partial charge in [0.25, 0.3) is 0 Å². The van der Waals surface area contributed by atoms with E-state index in [1.165, 1.54) is 22.2 Å². The van der Waals surface area contributed by atoms with Crippen LogP contribution in [0, 0.1) is 0 Å². The van der Waals surface area contributed by atoms with Gasteiger partial charge in [-0.15, -0.1) is 0 Å². The maximum absolute atomic E-state index is 12.8. The smallest absolute Gasteiger partial charge is 0.235 e. The number of aromatic amines is 1. The monoisotopic (exact) mass is 288 g/mol. The van der Waals surface area contributed by atoms with Gasteiger partial charge in [-0.25, -0.2) is 0 Å². The van der Waals surface area contributed by atoms with E-state index >= 15 is 0 Å². The van der Waals surface area contributed by atoms with E-state index in [1.54, 1.807) is 0 Å². The summed E-state index contributed by atoms with van der Waals surface area (Å²) in [6.07, 6.45) is 2.58. The molecule has 5 rings (SSSR count). The Hall–Kier alpha value is -2.55. The highest BCUT2D eigenvalue weighted by Gasteiger charge is 2.48. The second-order valence-corrected chi connectivity index (χ2v) is 6.39. The van der Waals surface area contributed by atoms with E-state index in [0.717, 1.165) is 30.5 Å². The third kappa shape index (κ3) is 1.38. The minimum atomic E-state index is -0.394. The van der Waals surface area contributed by atoms with Crippen LogP contribution in [-0.2, 0) is 23.1 Å². The fourth-order valence-electron chi connectivity index (χ4n) is 4.20. The van der Waals surface area contributed by atoms with Gasteiger partial charge in [0.2, 0.25) is 5.91 Å². The molecule has 0 bridgehead atoms. The van der Waals surface area contributed by atoms with Crippen LogP contribution in [0.4, 0.5) is 5.69 Å². The van der Waals surface area contributed by atoms with Crippen molar-refractivity contribution < 1.29 is 4.79 Å². The molecule has 0 fully saturated rings. The van der Waals surface area contributed by atoms with Crippen LogP contribution in [0.15, 0.2) is 48.5 Å². The van der Waals surface area contributed by atoms with Crippen LogP contribution in [0.3, 0.4) is 0 Å². The summed E-state index contributed by atoms with van der Waals surface area (Å²) in [6.45, 7) is 0. The standard InChI is InChI=1S/C19H16N2O/c22-18-19(14-6-2-4-8-17(14)21-18)10-9-16-13(11-19)12-5-1-3-7-15(12)20-16/h1-8,20H,9-11H2,(H,21,22).